The van der Waals surface area contributed by atoms with Crippen molar-refractivity contribution in [2.24, 2.45) is 5.73 Å². The molecule has 0 unspecified atom stereocenters. The lowest BCUT2D eigenvalue weighted by Gasteiger charge is -2.22. The van der Waals surface area contributed by atoms with Crippen LogP contribution in [-0.2, 0) is 6.42 Å². The summed E-state index contributed by atoms with van der Waals surface area (Å²) in [7, 11) is 0. The van der Waals surface area contributed by atoms with Crippen molar-refractivity contribution in [3.8, 4) is 0 Å². The van der Waals surface area contributed by atoms with Crippen LogP contribution in [-0.4, -0.2) is 26.7 Å². The van der Waals surface area contributed by atoms with Crippen LogP contribution in [0.3, 0.4) is 0 Å². The van der Waals surface area contributed by atoms with E-state index in [1.165, 1.54) is 16.7 Å². The molecule has 5 heteroatoms. The van der Waals surface area contributed by atoms with E-state index in [1.807, 2.05) is 0 Å². The van der Waals surface area contributed by atoms with Crippen molar-refractivity contribution in [2.45, 2.75) is 45.8 Å². The summed E-state index contributed by atoms with van der Waals surface area (Å²) in [4.78, 5) is 15.1. The molecule has 0 aliphatic heterocycles. The number of nitrogens with zero attached hydrogens (tertiary/aromatic N) is 2. The Morgan fingerprint density at radius 2 is 2.14 bits per heavy atom. The number of aliphatic hydroxyl groups is 1. The van der Waals surface area contributed by atoms with Crippen LogP contribution in [0.4, 0.5) is 0 Å². The van der Waals surface area contributed by atoms with E-state index in [4.69, 9.17) is 5.73 Å². The largest absolute Gasteiger partial charge is 0.391 e. The Kier molecular flexibility index (Phi) is 4.98. The van der Waals surface area contributed by atoms with Crippen molar-refractivity contribution in [3.63, 3.8) is 0 Å². The molecule has 0 fully saturated rings. The minimum atomic E-state index is -0.558. The van der Waals surface area contributed by atoms with Crippen LogP contribution >= 0.6 is 0 Å². The monoisotopic (exact) mass is 301 g/mol. The third-order valence-electron chi connectivity index (χ3n) is 4.22. The summed E-state index contributed by atoms with van der Waals surface area (Å²) in [5.41, 5.74) is 9.28. The third kappa shape index (κ3) is 3.54. The number of amides is 1. The first-order chi connectivity index (χ1) is 10.4. The van der Waals surface area contributed by atoms with E-state index in [-0.39, 0.29) is 11.7 Å². The predicted octanol–water partition coefficient (Wildman–Crippen LogP) is 2.15. The Balaban J connectivity index is 2.15. The lowest BCUT2D eigenvalue weighted by Crippen LogP contribution is -2.21. The molecule has 0 aliphatic rings. The second-order valence-corrected chi connectivity index (χ2v) is 5.78. The minimum Gasteiger partial charge on any atom is -0.391 e. The van der Waals surface area contributed by atoms with Crippen molar-refractivity contribution in [1.82, 2.24) is 9.55 Å². The molecule has 22 heavy (non-hydrogen) atoms. The molecule has 1 aromatic heterocycles. The zero-order valence-electron chi connectivity index (χ0n) is 13.3. The minimum absolute atomic E-state index is 0.138. The van der Waals surface area contributed by atoms with Gasteiger partial charge in [-0.3, -0.25) is 4.79 Å². The Hall–Kier alpha value is -2.14. The zero-order valence-corrected chi connectivity index (χ0v) is 13.3. The van der Waals surface area contributed by atoms with Gasteiger partial charge in [0.25, 0.3) is 5.91 Å². The van der Waals surface area contributed by atoms with Gasteiger partial charge in [-0.1, -0.05) is 18.2 Å². The molecule has 0 aliphatic carbocycles. The Morgan fingerprint density at radius 1 is 1.41 bits per heavy atom. The van der Waals surface area contributed by atoms with Crippen molar-refractivity contribution in [2.75, 3.05) is 0 Å². The standard InChI is InChI=1S/C17H23N3O2/c1-11-5-4-6-14(12(11)2)7-8-16(13(3)21)20-9-15(17(18)22)19-10-20/h4-6,9-10,13,16,21H,7-8H2,1-3H3,(H2,18,22)/t13-,16+/m0/s1. The lowest BCUT2D eigenvalue weighted by molar-refractivity contribution is 0.0994. The van der Waals surface area contributed by atoms with Gasteiger partial charge in [-0.25, -0.2) is 4.98 Å². The maximum atomic E-state index is 11.2. The topological polar surface area (TPSA) is 81.1 Å². The molecule has 3 N–H and O–H groups in total. The van der Waals surface area contributed by atoms with Crippen LogP contribution in [0.15, 0.2) is 30.7 Å². The molecule has 0 spiro atoms. The van der Waals surface area contributed by atoms with Gasteiger partial charge in [0.1, 0.15) is 5.69 Å². The molecular formula is C17H23N3O2. The van der Waals surface area contributed by atoms with Crippen LogP contribution in [0.1, 0.15) is 46.6 Å². The van der Waals surface area contributed by atoms with E-state index in [1.54, 1.807) is 24.0 Å². The lowest BCUT2D eigenvalue weighted by atomic mass is 9.96. The first-order valence-corrected chi connectivity index (χ1v) is 7.46. The fraction of sp³-hybridized carbons (Fsp3) is 0.412. The Labute approximate surface area is 130 Å². The number of carbonyl (C=O) groups is 1. The van der Waals surface area contributed by atoms with Crippen LogP contribution in [0.5, 0.6) is 0 Å². The highest BCUT2D eigenvalue weighted by molar-refractivity contribution is 5.90. The molecule has 0 saturated heterocycles. The molecule has 118 valence electrons. The number of primary amides is 1. The highest BCUT2D eigenvalue weighted by atomic mass is 16.3. The van der Waals surface area contributed by atoms with Gasteiger partial charge in [0.2, 0.25) is 0 Å². The number of hydrogen-bond donors (Lipinski definition) is 2. The molecule has 1 amide bonds. The molecule has 0 radical (unpaired) electrons. The molecule has 0 bridgehead atoms. The fourth-order valence-electron chi connectivity index (χ4n) is 2.67. The van der Waals surface area contributed by atoms with Crippen LogP contribution in [0.2, 0.25) is 0 Å². The van der Waals surface area contributed by atoms with Gasteiger partial charge in [0, 0.05) is 6.20 Å². The van der Waals surface area contributed by atoms with Gasteiger partial charge in [-0.05, 0) is 50.3 Å². The van der Waals surface area contributed by atoms with Gasteiger partial charge in [0.05, 0.1) is 18.5 Å². The predicted molar refractivity (Wildman–Crippen MR) is 85.7 cm³/mol. The van der Waals surface area contributed by atoms with Crippen molar-refractivity contribution in [1.29, 1.82) is 0 Å². The number of carbonyl (C=O) groups excluding carboxylic acids is 1. The number of imidazole rings is 1. The van der Waals surface area contributed by atoms with Crippen LogP contribution in [0.25, 0.3) is 0 Å². The Bertz CT molecular complexity index is 662. The molecule has 2 aromatic rings. The highest BCUT2D eigenvalue weighted by Crippen LogP contribution is 2.22. The number of aliphatic hydroxyl groups excluding tert-OH is 1. The van der Waals surface area contributed by atoms with Gasteiger partial charge < -0.3 is 15.4 Å². The second kappa shape index (κ2) is 6.75. The summed E-state index contributed by atoms with van der Waals surface area (Å²) in [5, 5.41) is 10.1. The average Bonchev–Trinajstić information content (AvgIpc) is 2.93. The quantitative estimate of drug-likeness (QED) is 0.858. The summed E-state index contributed by atoms with van der Waals surface area (Å²) in [6.07, 6.45) is 4.23. The van der Waals surface area contributed by atoms with Gasteiger partial charge in [-0.2, -0.15) is 0 Å². The van der Waals surface area contributed by atoms with E-state index in [9.17, 15) is 9.90 Å². The third-order valence-corrected chi connectivity index (χ3v) is 4.22. The molecule has 0 saturated carbocycles. The van der Waals surface area contributed by atoms with E-state index in [0.717, 1.165) is 12.8 Å². The van der Waals surface area contributed by atoms with Gasteiger partial charge in [0.15, 0.2) is 0 Å². The number of benzene rings is 1. The smallest absolute Gasteiger partial charge is 0.268 e. The number of aryl methyl sites for hydroxylation is 2. The van der Waals surface area contributed by atoms with Gasteiger partial charge >= 0.3 is 0 Å². The number of aromatic nitrogens is 2. The molecule has 1 heterocycles. The average molecular weight is 301 g/mol. The van der Waals surface area contributed by atoms with E-state index >= 15 is 0 Å². The molecule has 2 rings (SSSR count). The summed E-state index contributed by atoms with van der Waals surface area (Å²) >= 11 is 0. The molecular weight excluding hydrogens is 278 g/mol. The number of hydrogen-bond acceptors (Lipinski definition) is 3. The van der Waals surface area contributed by atoms with Gasteiger partial charge in [-0.15, -0.1) is 0 Å². The first kappa shape index (κ1) is 16.2. The fourth-order valence-corrected chi connectivity index (χ4v) is 2.67. The Morgan fingerprint density at radius 3 is 2.73 bits per heavy atom. The van der Waals surface area contributed by atoms with Crippen LogP contribution < -0.4 is 5.73 Å². The molecule has 2 atom stereocenters. The van der Waals surface area contributed by atoms with E-state index < -0.39 is 12.0 Å². The summed E-state index contributed by atoms with van der Waals surface area (Å²) < 4.78 is 1.77. The molecule has 5 nitrogen and oxygen atoms in total. The first-order valence-electron chi connectivity index (χ1n) is 7.46. The van der Waals surface area contributed by atoms with E-state index in [2.05, 4.69) is 37.0 Å². The summed E-state index contributed by atoms with van der Waals surface area (Å²) in [5.74, 6) is -0.558. The van der Waals surface area contributed by atoms with Crippen LogP contribution in [0, 0.1) is 13.8 Å². The number of rotatable bonds is 6. The second-order valence-electron chi connectivity index (χ2n) is 5.78. The SMILES string of the molecule is Cc1cccc(CC[C@H]([C@H](C)O)n2cnc(C(N)=O)c2)c1C. The number of nitrogens with two attached hydrogens (primary N) is 1. The summed E-state index contributed by atoms with van der Waals surface area (Å²) in [6.45, 7) is 5.96. The van der Waals surface area contributed by atoms with Crippen molar-refractivity contribution < 1.29 is 9.90 Å². The van der Waals surface area contributed by atoms with Crippen molar-refractivity contribution in [3.05, 3.63) is 53.1 Å². The summed E-state index contributed by atoms with van der Waals surface area (Å²) in [6, 6.07) is 6.13. The maximum Gasteiger partial charge on any atom is 0.268 e. The zero-order chi connectivity index (χ0) is 16.3. The normalized spacial score (nSPS) is 13.8. The highest BCUT2D eigenvalue weighted by Gasteiger charge is 2.19. The van der Waals surface area contributed by atoms with E-state index in [0.29, 0.717) is 0 Å². The maximum absolute atomic E-state index is 11.2. The van der Waals surface area contributed by atoms with Crippen molar-refractivity contribution >= 4 is 5.91 Å². The molecule has 1 aromatic carbocycles.